The van der Waals surface area contributed by atoms with Crippen LogP contribution in [-0.4, -0.2) is 36.2 Å². The molecule has 3 nitrogen and oxygen atoms in total. The minimum absolute atomic E-state index is 0.626. The second kappa shape index (κ2) is 12.2. The maximum absolute atomic E-state index is 11.9. The molecule has 0 saturated carbocycles. The average Bonchev–Trinajstić information content (AvgIpc) is 2.84. The third-order valence-electron chi connectivity index (χ3n) is 6.35. The van der Waals surface area contributed by atoms with Crippen LogP contribution in [0.15, 0.2) is 72.8 Å². The number of likely N-dealkylation sites (N-methyl/N-ethyl adjacent to an activating group) is 1. The summed E-state index contributed by atoms with van der Waals surface area (Å²) >= 11 is 6.01. The highest BCUT2D eigenvalue weighted by molar-refractivity contribution is 6.30. The van der Waals surface area contributed by atoms with Gasteiger partial charge < -0.3 is 14.7 Å². The minimum Gasteiger partial charge on any atom is -0.492 e. The molecule has 176 valence electrons. The van der Waals surface area contributed by atoms with E-state index in [2.05, 4.69) is 49.9 Å². The third kappa shape index (κ3) is 7.07. The summed E-state index contributed by atoms with van der Waals surface area (Å²) in [6.45, 7) is 10.0. The second-order valence-electron chi connectivity index (χ2n) is 8.61. The molecule has 0 aliphatic heterocycles. The fourth-order valence-electron chi connectivity index (χ4n) is 4.14. The van der Waals surface area contributed by atoms with E-state index in [9.17, 15) is 5.11 Å². The van der Waals surface area contributed by atoms with Crippen LogP contribution in [0.25, 0.3) is 0 Å². The molecule has 3 rings (SSSR count). The highest BCUT2D eigenvalue weighted by atomic mass is 35.5. The van der Waals surface area contributed by atoms with Gasteiger partial charge in [-0.2, -0.15) is 0 Å². The monoisotopic (exact) mass is 465 g/mol. The van der Waals surface area contributed by atoms with Gasteiger partial charge in [0.25, 0.3) is 0 Å². The molecule has 0 aromatic heterocycles. The Morgan fingerprint density at radius 3 is 2.00 bits per heavy atom. The molecule has 33 heavy (non-hydrogen) atoms. The molecular formula is C29H36ClNO2. The quantitative estimate of drug-likeness (QED) is 0.326. The lowest BCUT2D eigenvalue weighted by Gasteiger charge is -2.30. The van der Waals surface area contributed by atoms with Crippen molar-refractivity contribution in [3.8, 4) is 5.75 Å². The Morgan fingerprint density at radius 1 is 0.848 bits per heavy atom. The van der Waals surface area contributed by atoms with Crippen molar-refractivity contribution in [1.29, 1.82) is 0 Å². The molecule has 1 atom stereocenters. The summed E-state index contributed by atoms with van der Waals surface area (Å²) in [6, 6.07) is 24.1. The molecule has 3 aromatic rings. The van der Waals surface area contributed by atoms with Gasteiger partial charge >= 0.3 is 0 Å². The molecule has 3 aromatic carbocycles. The first kappa shape index (κ1) is 25.3. The molecule has 0 bridgehead atoms. The molecule has 0 saturated heterocycles. The van der Waals surface area contributed by atoms with Crippen LogP contribution < -0.4 is 4.74 Å². The Bertz CT molecular complexity index is 966. The smallest absolute Gasteiger partial charge is 0.119 e. The maximum atomic E-state index is 11.9. The summed E-state index contributed by atoms with van der Waals surface area (Å²) in [7, 11) is 0. The zero-order valence-corrected chi connectivity index (χ0v) is 20.8. The molecule has 0 spiro atoms. The minimum atomic E-state index is -1.06. The van der Waals surface area contributed by atoms with Crippen molar-refractivity contribution in [2.45, 2.75) is 45.6 Å². The van der Waals surface area contributed by atoms with Crippen molar-refractivity contribution in [3.05, 3.63) is 100 Å². The average molecular weight is 466 g/mol. The van der Waals surface area contributed by atoms with E-state index < -0.39 is 5.60 Å². The standard InChI is InChI=1S/C29H36ClNO2/c1-4-31(5-2)21-22-33-28-18-14-26(15-19-28)29(32,25-12-8-23(3)9-13-25)20-6-7-24-10-16-27(30)17-11-24/h8-19,32H,4-7,20-22H2,1-3H3. The van der Waals surface area contributed by atoms with Gasteiger partial charge in [-0.25, -0.2) is 0 Å². The zero-order valence-electron chi connectivity index (χ0n) is 20.1. The Labute approximate surface area is 204 Å². The lowest BCUT2D eigenvalue weighted by molar-refractivity contribution is 0.0687. The lowest BCUT2D eigenvalue weighted by Crippen LogP contribution is -2.28. The van der Waals surface area contributed by atoms with Crippen molar-refractivity contribution >= 4 is 11.6 Å². The Hall–Kier alpha value is -2.33. The summed E-state index contributed by atoms with van der Waals surface area (Å²) in [5.74, 6) is 0.832. The van der Waals surface area contributed by atoms with E-state index in [4.69, 9.17) is 16.3 Å². The van der Waals surface area contributed by atoms with Gasteiger partial charge in [0.1, 0.15) is 18.0 Å². The second-order valence-corrected chi connectivity index (χ2v) is 9.04. The molecule has 0 aliphatic carbocycles. The number of rotatable bonds is 12. The van der Waals surface area contributed by atoms with E-state index in [1.807, 2.05) is 48.5 Å². The molecule has 1 N–H and O–H groups in total. The first-order valence-electron chi connectivity index (χ1n) is 11.9. The van der Waals surface area contributed by atoms with E-state index in [0.717, 1.165) is 54.4 Å². The maximum Gasteiger partial charge on any atom is 0.119 e. The fourth-order valence-corrected chi connectivity index (χ4v) is 4.27. The number of hydrogen-bond donors (Lipinski definition) is 1. The predicted octanol–water partition coefficient (Wildman–Crippen LogP) is 6.63. The summed E-state index contributed by atoms with van der Waals surface area (Å²) in [6.07, 6.45) is 2.37. The molecule has 0 radical (unpaired) electrons. The van der Waals surface area contributed by atoms with E-state index in [1.54, 1.807) is 0 Å². The lowest BCUT2D eigenvalue weighted by atomic mass is 9.81. The van der Waals surface area contributed by atoms with Gasteiger partial charge in [0, 0.05) is 11.6 Å². The largest absolute Gasteiger partial charge is 0.492 e. The van der Waals surface area contributed by atoms with E-state index in [1.165, 1.54) is 11.1 Å². The van der Waals surface area contributed by atoms with Gasteiger partial charge in [-0.1, -0.05) is 79.5 Å². The van der Waals surface area contributed by atoms with Crippen LogP contribution in [0.4, 0.5) is 0 Å². The highest BCUT2D eigenvalue weighted by Gasteiger charge is 2.31. The van der Waals surface area contributed by atoms with Crippen LogP contribution in [0, 0.1) is 6.92 Å². The molecule has 1 unspecified atom stereocenters. The highest BCUT2D eigenvalue weighted by Crippen LogP contribution is 2.35. The van der Waals surface area contributed by atoms with Gasteiger partial charge in [-0.15, -0.1) is 0 Å². The van der Waals surface area contributed by atoms with Gasteiger partial charge in [-0.05, 0) is 80.2 Å². The first-order chi connectivity index (χ1) is 15.9. The van der Waals surface area contributed by atoms with Crippen molar-refractivity contribution in [3.63, 3.8) is 0 Å². The van der Waals surface area contributed by atoms with Gasteiger partial charge in [0.2, 0.25) is 0 Å². The summed E-state index contributed by atoms with van der Waals surface area (Å²) in [5.41, 5.74) is 3.15. The summed E-state index contributed by atoms with van der Waals surface area (Å²) in [5, 5.41) is 12.6. The first-order valence-corrected chi connectivity index (χ1v) is 12.3. The van der Waals surface area contributed by atoms with Crippen molar-refractivity contribution in [2.24, 2.45) is 0 Å². The molecular weight excluding hydrogens is 430 g/mol. The van der Waals surface area contributed by atoms with Crippen molar-refractivity contribution < 1.29 is 9.84 Å². The van der Waals surface area contributed by atoms with Gasteiger partial charge in [-0.3, -0.25) is 0 Å². The number of halogens is 1. The van der Waals surface area contributed by atoms with Gasteiger partial charge in [0.15, 0.2) is 0 Å². The SMILES string of the molecule is CCN(CC)CCOc1ccc(C(O)(CCCc2ccc(Cl)cc2)c2ccc(C)cc2)cc1. The molecule has 0 aliphatic rings. The summed E-state index contributed by atoms with van der Waals surface area (Å²) < 4.78 is 5.94. The number of aliphatic hydroxyl groups is 1. The molecule has 0 amide bonds. The normalized spacial score (nSPS) is 13.2. The number of aryl methyl sites for hydroxylation is 2. The number of nitrogens with zero attached hydrogens (tertiary/aromatic N) is 1. The molecule has 0 heterocycles. The number of ether oxygens (including phenoxy) is 1. The van der Waals surface area contributed by atoms with Crippen molar-refractivity contribution in [2.75, 3.05) is 26.2 Å². The third-order valence-corrected chi connectivity index (χ3v) is 6.60. The number of hydrogen-bond acceptors (Lipinski definition) is 3. The van der Waals surface area contributed by atoms with Crippen LogP contribution in [0.1, 0.15) is 48.9 Å². The summed E-state index contributed by atoms with van der Waals surface area (Å²) in [4.78, 5) is 2.34. The van der Waals surface area contributed by atoms with Crippen LogP contribution in [0.2, 0.25) is 5.02 Å². The molecule has 0 fully saturated rings. The zero-order chi connectivity index (χ0) is 23.7. The fraction of sp³-hybridized carbons (Fsp3) is 0.379. The van der Waals surface area contributed by atoms with E-state index >= 15 is 0 Å². The topological polar surface area (TPSA) is 32.7 Å². The van der Waals surface area contributed by atoms with E-state index in [-0.39, 0.29) is 0 Å². The van der Waals surface area contributed by atoms with Crippen LogP contribution in [0.3, 0.4) is 0 Å². The Balaban J connectivity index is 1.73. The Morgan fingerprint density at radius 2 is 1.42 bits per heavy atom. The van der Waals surface area contributed by atoms with E-state index in [0.29, 0.717) is 13.0 Å². The number of benzene rings is 3. The Kier molecular flexibility index (Phi) is 9.37. The van der Waals surface area contributed by atoms with Crippen LogP contribution >= 0.6 is 11.6 Å². The van der Waals surface area contributed by atoms with Gasteiger partial charge in [0.05, 0.1) is 0 Å². The van der Waals surface area contributed by atoms with Crippen LogP contribution in [-0.2, 0) is 12.0 Å². The van der Waals surface area contributed by atoms with Crippen molar-refractivity contribution in [1.82, 2.24) is 4.90 Å². The predicted molar refractivity (Wildman–Crippen MR) is 138 cm³/mol. The molecule has 4 heteroatoms. The van der Waals surface area contributed by atoms with Crippen LogP contribution in [0.5, 0.6) is 5.75 Å².